The molecule has 1 rings (SSSR count). The molecule has 0 aliphatic heterocycles. The van der Waals surface area contributed by atoms with Gasteiger partial charge in [0.2, 0.25) is 5.91 Å². The third kappa shape index (κ3) is 4.05. The quantitative estimate of drug-likeness (QED) is 0.589. The zero-order chi connectivity index (χ0) is 15.9. The van der Waals surface area contributed by atoms with Gasteiger partial charge in [0.25, 0.3) is 0 Å². The van der Waals surface area contributed by atoms with Gasteiger partial charge in [-0.1, -0.05) is 49.9 Å². The highest BCUT2D eigenvalue weighted by Gasteiger charge is 2.38. The van der Waals surface area contributed by atoms with Gasteiger partial charge < -0.3 is 5.32 Å². The van der Waals surface area contributed by atoms with E-state index in [1.807, 2.05) is 38.4 Å². The Balaban J connectivity index is 3.14. The summed E-state index contributed by atoms with van der Waals surface area (Å²) < 4.78 is 0. The Bertz CT molecular complexity index is 481. The Morgan fingerprint density at radius 3 is 2.38 bits per heavy atom. The molecule has 0 aromatic heterocycles. The Morgan fingerprint density at radius 1 is 1.33 bits per heavy atom. The normalized spacial score (nSPS) is 15.0. The second kappa shape index (κ2) is 7.79. The fraction of sp³-hybridized carbons (Fsp3) is 0.389. The largest absolute Gasteiger partial charge is 0.348 e. The average molecular weight is 286 g/mol. The summed E-state index contributed by atoms with van der Waals surface area (Å²) in [5.41, 5.74) is 0.881. The molecule has 0 saturated heterocycles. The van der Waals surface area contributed by atoms with E-state index in [0.717, 1.165) is 12.8 Å². The highest BCUT2D eigenvalue weighted by atomic mass is 16.1. The van der Waals surface area contributed by atoms with Crippen molar-refractivity contribution in [2.45, 2.75) is 31.3 Å². The van der Waals surface area contributed by atoms with Gasteiger partial charge in [-0.3, -0.25) is 9.69 Å². The maximum Gasteiger partial charge on any atom is 0.243 e. The molecule has 1 amide bonds. The molecule has 1 aromatic carbocycles. The zero-order valence-corrected chi connectivity index (χ0v) is 13.3. The summed E-state index contributed by atoms with van der Waals surface area (Å²) in [4.78, 5) is 13.9. The van der Waals surface area contributed by atoms with Crippen LogP contribution in [0.2, 0.25) is 0 Å². The van der Waals surface area contributed by atoms with Crippen LogP contribution in [0.5, 0.6) is 0 Å². The molecule has 0 spiro atoms. The van der Waals surface area contributed by atoms with E-state index in [9.17, 15) is 4.79 Å². The van der Waals surface area contributed by atoms with Gasteiger partial charge in [-0.25, -0.2) is 0 Å². The van der Waals surface area contributed by atoms with Crippen LogP contribution in [-0.2, 0) is 11.2 Å². The molecule has 21 heavy (non-hydrogen) atoms. The van der Waals surface area contributed by atoms with Crippen molar-refractivity contribution in [1.29, 1.82) is 0 Å². The second-order valence-electron chi connectivity index (χ2n) is 5.43. The first-order chi connectivity index (χ1) is 10.00. The Labute approximate surface area is 128 Å². The highest BCUT2D eigenvalue weighted by Crippen LogP contribution is 2.26. The molecule has 0 radical (unpaired) electrons. The minimum Gasteiger partial charge on any atom is -0.348 e. The van der Waals surface area contributed by atoms with E-state index in [0.29, 0.717) is 0 Å². The van der Waals surface area contributed by atoms with Crippen LogP contribution in [-0.4, -0.2) is 36.5 Å². The molecule has 0 fully saturated rings. The summed E-state index contributed by atoms with van der Waals surface area (Å²) in [6.45, 7) is 9.64. The summed E-state index contributed by atoms with van der Waals surface area (Å²) in [6.07, 6.45) is 4.86. The van der Waals surface area contributed by atoms with Gasteiger partial charge in [0.15, 0.2) is 0 Å². The van der Waals surface area contributed by atoms with E-state index in [-0.39, 0.29) is 17.5 Å². The van der Waals surface area contributed by atoms with Crippen molar-refractivity contribution >= 4 is 5.91 Å². The standard InChI is InChI=1S/C18H26N2O/c1-6-16(19-17(21)7-2)18(8-3,20(4)5)14-15-12-10-9-11-13-15/h7-13,16H,2-3,6,14H2,1,4-5H3,(H,19,21). The summed E-state index contributed by atoms with van der Waals surface area (Å²) in [5.74, 6) is -0.150. The Kier molecular flexibility index (Phi) is 6.38. The lowest BCUT2D eigenvalue weighted by atomic mass is 9.81. The van der Waals surface area contributed by atoms with Crippen LogP contribution in [0.15, 0.2) is 55.6 Å². The number of nitrogens with one attached hydrogen (secondary N) is 1. The molecular weight excluding hydrogens is 260 g/mol. The summed E-state index contributed by atoms with van der Waals surface area (Å²) in [5, 5.41) is 3.04. The van der Waals surface area contributed by atoms with E-state index in [4.69, 9.17) is 0 Å². The number of carbonyl (C=O) groups is 1. The Hall–Kier alpha value is -1.87. The van der Waals surface area contributed by atoms with Gasteiger partial charge in [-0.2, -0.15) is 0 Å². The maximum absolute atomic E-state index is 11.7. The third-order valence-electron chi connectivity index (χ3n) is 4.03. The van der Waals surface area contributed by atoms with Crippen molar-refractivity contribution in [3.63, 3.8) is 0 Å². The minimum absolute atomic E-state index is 0.0318. The minimum atomic E-state index is -0.339. The van der Waals surface area contributed by atoms with Gasteiger partial charge in [-0.05, 0) is 38.6 Å². The first kappa shape index (κ1) is 17.2. The molecule has 0 saturated carbocycles. The fourth-order valence-corrected chi connectivity index (χ4v) is 2.72. The molecule has 2 unspecified atom stereocenters. The average Bonchev–Trinajstić information content (AvgIpc) is 2.51. The number of nitrogens with zero attached hydrogens (tertiary/aromatic N) is 1. The van der Waals surface area contributed by atoms with Crippen molar-refractivity contribution in [3.8, 4) is 0 Å². The SMILES string of the molecule is C=CC(=O)NC(CC)C(C=C)(Cc1ccccc1)N(C)C. The summed E-state index contributed by atoms with van der Waals surface area (Å²) in [6, 6.07) is 10.2. The maximum atomic E-state index is 11.7. The van der Waals surface area contributed by atoms with Crippen molar-refractivity contribution < 1.29 is 4.79 Å². The number of amides is 1. The van der Waals surface area contributed by atoms with Crippen LogP contribution < -0.4 is 5.32 Å². The lowest BCUT2D eigenvalue weighted by Gasteiger charge is -2.44. The molecule has 0 aliphatic rings. The summed E-state index contributed by atoms with van der Waals surface area (Å²) in [7, 11) is 4.04. The van der Waals surface area contributed by atoms with Crippen LogP contribution in [0.3, 0.4) is 0 Å². The summed E-state index contributed by atoms with van der Waals surface area (Å²) >= 11 is 0. The zero-order valence-electron chi connectivity index (χ0n) is 13.3. The highest BCUT2D eigenvalue weighted by molar-refractivity contribution is 5.87. The van der Waals surface area contributed by atoms with E-state index < -0.39 is 0 Å². The number of benzene rings is 1. The predicted molar refractivity (Wildman–Crippen MR) is 89.2 cm³/mol. The monoisotopic (exact) mass is 286 g/mol. The van der Waals surface area contributed by atoms with Crippen molar-refractivity contribution in [3.05, 3.63) is 61.2 Å². The van der Waals surface area contributed by atoms with Crippen LogP contribution in [0.25, 0.3) is 0 Å². The Morgan fingerprint density at radius 2 is 1.95 bits per heavy atom. The number of rotatable bonds is 8. The fourth-order valence-electron chi connectivity index (χ4n) is 2.72. The predicted octanol–water partition coefficient (Wildman–Crippen LogP) is 2.80. The molecule has 3 nitrogen and oxygen atoms in total. The van der Waals surface area contributed by atoms with Crippen molar-refractivity contribution in [2.75, 3.05) is 14.1 Å². The van der Waals surface area contributed by atoms with Gasteiger partial charge in [0.1, 0.15) is 0 Å². The smallest absolute Gasteiger partial charge is 0.243 e. The first-order valence-corrected chi connectivity index (χ1v) is 7.28. The molecule has 1 N–H and O–H groups in total. The van der Waals surface area contributed by atoms with Crippen LogP contribution in [0.4, 0.5) is 0 Å². The lowest BCUT2D eigenvalue weighted by molar-refractivity contribution is -0.118. The van der Waals surface area contributed by atoms with E-state index in [1.54, 1.807) is 0 Å². The van der Waals surface area contributed by atoms with Crippen LogP contribution in [0.1, 0.15) is 18.9 Å². The third-order valence-corrected chi connectivity index (χ3v) is 4.03. The molecule has 2 atom stereocenters. The molecule has 114 valence electrons. The number of carbonyl (C=O) groups excluding carboxylic acids is 1. The van der Waals surface area contributed by atoms with E-state index in [1.165, 1.54) is 11.6 Å². The molecule has 0 aliphatic carbocycles. The van der Waals surface area contributed by atoms with E-state index >= 15 is 0 Å². The molecule has 0 bridgehead atoms. The van der Waals surface area contributed by atoms with E-state index in [2.05, 4.69) is 42.4 Å². The second-order valence-corrected chi connectivity index (χ2v) is 5.43. The topological polar surface area (TPSA) is 32.3 Å². The van der Waals surface area contributed by atoms with Crippen molar-refractivity contribution in [1.82, 2.24) is 10.2 Å². The molecule has 1 aromatic rings. The number of likely N-dealkylation sites (N-methyl/N-ethyl adjacent to an activating group) is 1. The molecular formula is C18H26N2O. The van der Waals surface area contributed by atoms with Crippen molar-refractivity contribution in [2.24, 2.45) is 0 Å². The number of hydrogen-bond acceptors (Lipinski definition) is 2. The van der Waals surface area contributed by atoms with Crippen LogP contribution in [0, 0.1) is 0 Å². The van der Waals surface area contributed by atoms with Crippen LogP contribution >= 0.6 is 0 Å². The first-order valence-electron chi connectivity index (χ1n) is 7.28. The van der Waals surface area contributed by atoms with Gasteiger partial charge in [0.05, 0.1) is 11.6 Å². The lowest BCUT2D eigenvalue weighted by Crippen LogP contribution is -2.60. The van der Waals surface area contributed by atoms with Gasteiger partial charge in [-0.15, -0.1) is 6.58 Å². The van der Waals surface area contributed by atoms with Gasteiger partial charge >= 0.3 is 0 Å². The molecule has 0 heterocycles. The molecule has 3 heteroatoms. The van der Waals surface area contributed by atoms with Gasteiger partial charge in [0, 0.05) is 0 Å². The number of hydrogen-bond donors (Lipinski definition) is 1.